The number of hydrogen-bond acceptors (Lipinski definition) is 16. The Morgan fingerprint density at radius 1 is 0.475 bits per heavy atom. The minimum atomic E-state index is -0.987. The van der Waals surface area contributed by atoms with E-state index < -0.39 is 11.8 Å². The maximum Gasteiger partial charge on any atom is 0.335 e. The average molecular weight is 1100 g/mol. The van der Waals surface area contributed by atoms with Crippen molar-refractivity contribution in [2.75, 3.05) is 29.0 Å². The molecule has 0 fully saturated rings. The van der Waals surface area contributed by atoms with Crippen LogP contribution in [0, 0.1) is 11.6 Å². The third-order valence-corrected chi connectivity index (χ3v) is 13.5. The van der Waals surface area contributed by atoms with Crippen molar-refractivity contribution in [2.24, 2.45) is 30.9 Å². The Morgan fingerprint density at radius 3 is 1.41 bits per heavy atom. The summed E-state index contributed by atoms with van der Waals surface area (Å²) in [5.74, 6) is 0.0826. The highest BCUT2D eigenvalue weighted by atomic mass is 35.5. The Balaban J connectivity index is 0.000000120. The molecule has 17 nitrogen and oxygen atoms in total. The fourth-order valence-corrected chi connectivity index (χ4v) is 9.48. The summed E-state index contributed by atoms with van der Waals surface area (Å²) in [6, 6.07) is 40.6. The van der Waals surface area contributed by atoms with Gasteiger partial charge in [-0.05, 0) is 108 Å². The third kappa shape index (κ3) is 10.6. The fraction of sp³-hybridized carbons (Fsp3) is 0.0339. The number of carboxylic acids is 1. The molecule has 0 spiro atoms. The zero-order valence-corrected chi connectivity index (χ0v) is 42.9. The van der Waals surface area contributed by atoms with Crippen molar-refractivity contribution in [3.63, 3.8) is 0 Å². The molecule has 0 radical (unpaired) electrons. The molecule has 14 rings (SSSR count). The maximum atomic E-state index is 13.8. The predicted molar refractivity (Wildman–Crippen MR) is 310 cm³/mol. The molecule has 0 saturated carbocycles. The molecule has 0 bridgehead atoms. The Labute approximate surface area is 461 Å². The van der Waals surface area contributed by atoms with Crippen molar-refractivity contribution in [1.82, 2.24) is 29.9 Å². The molecule has 80 heavy (non-hydrogen) atoms. The molecule has 8 heterocycles. The number of carboxylic acid groups (broad SMARTS) is 1. The van der Waals surface area contributed by atoms with Crippen LogP contribution in [0.1, 0.15) is 21.5 Å². The van der Waals surface area contributed by atoms with Crippen molar-refractivity contribution in [1.29, 1.82) is 0 Å². The molecule has 4 N–H and O–H groups in total. The highest BCUT2D eigenvalue weighted by Gasteiger charge is 2.17. The van der Waals surface area contributed by atoms with Crippen LogP contribution in [0.25, 0.3) is 65.0 Å². The lowest BCUT2D eigenvalue weighted by Crippen LogP contribution is -2.02. The van der Waals surface area contributed by atoms with E-state index >= 15 is 0 Å². The number of carbonyl (C=O) groups is 1. The number of fused-ring (bicyclic) bond motifs is 9. The molecule has 12 aromatic rings. The van der Waals surface area contributed by atoms with Crippen LogP contribution < -0.4 is 16.0 Å². The first-order valence-electron chi connectivity index (χ1n) is 24.5. The molecule has 2 aliphatic heterocycles. The summed E-state index contributed by atoms with van der Waals surface area (Å²) in [5, 5.41) is 51.1. The number of aromatic nitrogens is 6. The van der Waals surface area contributed by atoms with Crippen LogP contribution >= 0.6 is 23.2 Å². The number of halogens is 4. The summed E-state index contributed by atoms with van der Waals surface area (Å²) in [6.07, 6.45) is 10.5. The smallest absolute Gasteiger partial charge is 0.335 e. The SMILES string of the molecule is Fc1cc(Nc2nc3cc(C4=NN=NC4)ccc3c3cnccc23)ccc1Cl.Fc1cccc(Nc2nc3cc(C4=NN=NC4)ccc3c3cnccc23)c1.O=C(O)c1ccc2c(c1)nc(Nc1cccc(Cl)c1)c1ccncc12. The largest absolute Gasteiger partial charge is 0.478 e. The summed E-state index contributed by atoms with van der Waals surface area (Å²) in [4.78, 5) is 38.1. The number of pyridine rings is 6. The topological polar surface area (TPSA) is 225 Å². The van der Waals surface area contributed by atoms with Crippen LogP contribution in [0.2, 0.25) is 10.0 Å². The zero-order valence-electron chi connectivity index (χ0n) is 41.4. The lowest BCUT2D eigenvalue weighted by Gasteiger charge is -2.12. The van der Waals surface area contributed by atoms with Gasteiger partial charge >= 0.3 is 5.97 Å². The van der Waals surface area contributed by atoms with E-state index in [2.05, 4.69) is 66.8 Å². The van der Waals surface area contributed by atoms with E-state index in [0.717, 1.165) is 87.7 Å². The number of nitrogens with zero attached hydrogens (tertiary/aromatic N) is 12. The van der Waals surface area contributed by atoms with Crippen molar-refractivity contribution < 1.29 is 18.7 Å². The van der Waals surface area contributed by atoms with Gasteiger partial charge in [0.2, 0.25) is 0 Å². The van der Waals surface area contributed by atoms with Crippen LogP contribution in [-0.4, -0.2) is 65.5 Å². The highest BCUT2D eigenvalue weighted by Crippen LogP contribution is 2.35. The Kier molecular flexibility index (Phi) is 13.8. The van der Waals surface area contributed by atoms with Crippen molar-refractivity contribution in [2.45, 2.75) is 0 Å². The number of nitrogens with one attached hydrogen (secondary N) is 3. The summed E-state index contributed by atoms with van der Waals surface area (Å²) in [7, 11) is 0. The molecule has 6 aromatic heterocycles. The normalized spacial score (nSPS) is 12.6. The van der Waals surface area contributed by atoms with E-state index in [-0.39, 0.29) is 16.4 Å². The van der Waals surface area contributed by atoms with Crippen LogP contribution in [0.5, 0.6) is 0 Å². The van der Waals surface area contributed by atoms with E-state index in [1.54, 1.807) is 79.5 Å². The quantitative estimate of drug-likeness (QED) is 0.0995. The number of rotatable bonds is 9. The standard InChI is InChI=1S/C20H12ClFN6.C20H13FN6.C19H12ClN3O2/c21-16-4-2-12(8-17(16)22)25-20-14-5-6-23-9-15(14)13-3-1-11(7-18(13)26-20)19-10-24-28-27-19;21-13-2-1-3-14(9-13)24-20-16-6-7-22-10-17(16)15-5-4-12(8-18(15)25-20)19-11-23-27-26-19;20-12-2-1-3-13(9-12)22-18-15-6-7-21-10-16(15)14-5-4-11(19(24)25)8-17(14)23-18/h1-9H,10H2,(H,25,26);1-10H,11H2,(H,24,25);1-10H,(H,22,23)(H,24,25). The summed E-state index contributed by atoms with van der Waals surface area (Å²) >= 11 is 11.8. The minimum Gasteiger partial charge on any atom is -0.478 e. The van der Waals surface area contributed by atoms with E-state index in [0.29, 0.717) is 52.5 Å². The van der Waals surface area contributed by atoms with Crippen LogP contribution in [0.15, 0.2) is 208 Å². The molecule has 0 aliphatic carbocycles. The lowest BCUT2D eigenvalue weighted by molar-refractivity contribution is 0.0697. The van der Waals surface area contributed by atoms with E-state index in [1.807, 2.05) is 72.9 Å². The summed E-state index contributed by atoms with van der Waals surface area (Å²) in [5.41, 5.74) is 7.78. The maximum absolute atomic E-state index is 13.8. The van der Waals surface area contributed by atoms with Crippen LogP contribution in [0.4, 0.5) is 43.3 Å². The van der Waals surface area contributed by atoms with Gasteiger partial charge in [-0.3, -0.25) is 15.0 Å². The lowest BCUT2D eigenvalue weighted by atomic mass is 10.0. The molecular formula is C59H37Cl2F2N15O2. The van der Waals surface area contributed by atoms with Gasteiger partial charge in [-0.2, -0.15) is 10.2 Å². The van der Waals surface area contributed by atoms with Gasteiger partial charge in [0.15, 0.2) is 0 Å². The van der Waals surface area contributed by atoms with Gasteiger partial charge in [-0.1, -0.05) is 65.7 Å². The summed E-state index contributed by atoms with van der Waals surface area (Å²) < 4.78 is 27.4. The molecule has 0 amide bonds. The number of anilines is 6. The van der Waals surface area contributed by atoms with Crippen LogP contribution in [-0.2, 0) is 0 Å². The van der Waals surface area contributed by atoms with Crippen LogP contribution in [0.3, 0.4) is 0 Å². The molecule has 6 aromatic carbocycles. The fourth-order valence-electron chi connectivity index (χ4n) is 9.17. The highest BCUT2D eigenvalue weighted by molar-refractivity contribution is 6.31. The first-order chi connectivity index (χ1) is 39.1. The number of aromatic carboxylic acids is 1. The van der Waals surface area contributed by atoms with Gasteiger partial charge in [0, 0.05) is 119 Å². The first-order valence-corrected chi connectivity index (χ1v) is 25.2. The molecule has 0 saturated heterocycles. The second-order valence-electron chi connectivity index (χ2n) is 18.0. The van der Waals surface area contributed by atoms with Crippen molar-refractivity contribution in [3.8, 4) is 0 Å². The predicted octanol–water partition coefficient (Wildman–Crippen LogP) is 15.2. The average Bonchev–Trinajstić information content (AvgIpc) is 4.35. The summed E-state index contributed by atoms with van der Waals surface area (Å²) in [6.45, 7) is 0.921. The van der Waals surface area contributed by atoms with Gasteiger partial charge in [0.1, 0.15) is 42.2 Å². The number of hydrogen-bond donors (Lipinski definition) is 4. The minimum absolute atomic E-state index is 0.0730. The molecule has 0 atom stereocenters. The monoisotopic (exact) mass is 1100 g/mol. The van der Waals surface area contributed by atoms with Gasteiger partial charge in [-0.25, -0.2) is 28.5 Å². The van der Waals surface area contributed by atoms with Crippen molar-refractivity contribution in [3.05, 3.63) is 215 Å². The van der Waals surface area contributed by atoms with E-state index in [4.69, 9.17) is 33.2 Å². The molecule has 0 unspecified atom stereocenters. The van der Waals surface area contributed by atoms with Gasteiger partial charge in [0.05, 0.1) is 38.6 Å². The Bertz CT molecular complexity index is 4600. The van der Waals surface area contributed by atoms with Crippen molar-refractivity contribution >= 4 is 140 Å². The number of benzene rings is 6. The van der Waals surface area contributed by atoms with E-state index in [9.17, 15) is 18.7 Å². The Hall–Kier alpha value is -10.4. The molecular weight excluding hydrogens is 1060 g/mol. The third-order valence-electron chi connectivity index (χ3n) is 13.0. The van der Waals surface area contributed by atoms with Gasteiger partial charge < -0.3 is 21.1 Å². The van der Waals surface area contributed by atoms with E-state index in [1.165, 1.54) is 24.3 Å². The Morgan fingerprint density at radius 2 is 0.950 bits per heavy atom. The molecule has 388 valence electrons. The second-order valence-corrected chi connectivity index (χ2v) is 18.9. The first kappa shape index (κ1) is 50.4. The molecule has 21 heteroatoms. The van der Waals surface area contributed by atoms with Gasteiger partial charge in [-0.15, -0.1) is 10.2 Å². The van der Waals surface area contributed by atoms with Gasteiger partial charge in [0.25, 0.3) is 0 Å². The zero-order chi connectivity index (χ0) is 54.7. The second kappa shape index (κ2) is 21.9. The molecule has 2 aliphatic rings.